The summed E-state index contributed by atoms with van der Waals surface area (Å²) in [5, 5.41) is 14.4. The third-order valence-corrected chi connectivity index (χ3v) is 6.09. The lowest BCUT2D eigenvalue weighted by Crippen LogP contribution is -2.33. The number of halogens is 2. The van der Waals surface area contributed by atoms with E-state index in [0.29, 0.717) is 36.4 Å². The van der Waals surface area contributed by atoms with Gasteiger partial charge in [0.15, 0.2) is 17.0 Å². The SMILES string of the molecule is CCN(OCCO)c1nc(NC2CCC(N)CC2)nc2c1ncn2C1CCCC1.Cl.Cl. The van der Waals surface area contributed by atoms with Crippen LogP contribution in [0, 0.1) is 0 Å². The molecule has 2 aliphatic rings. The number of nitrogens with one attached hydrogen (secondary N) is 1. The molecule has 4 N–H and O–H groups in total. The lowest BCUT2D eigenvalue weighted by Gasteiger charge is -2.27. The molecule has 0 bridgehead atoms. The minimum Gasteiger partial charge on any atom is -0.394 e. The van der Waals surface area contributed by atoms with Crippen LogP contribution in [0.3, 0.4) is 0 Å². The Balaban J connectivity index is 0.00000171. The minimum atomic E-state index is -0.0469. The smallest absolute Gasteiger partial charge is 0.227 e. The highest BCUT2D eigenvalue weighted by atomic mass is 35.5. The van der Waals surface area contributed by atoms with E-state index in [-0.39, 0.29) is 38.0 Å². The van der Waals surface area contributed by atoms with Gasteiger partial charge in [-0.3, -0.25) is 4.84 Å². The van der Waals surface area contributed by atoms with E-state index in [1.165, 1.54) is 12.8 Å². The fraction of sp³-hybridized carbons (Fsp3) is 0.750. The maximum atomic E-state index is 9.18. The summed E-state index contributed by atoms with van der Waals surface area (Å²) in [5.41, 5.74) is 7.65. The largest absolute Gasteiger partial charge is 0.394 e. The molecule has 176 valence electrons. The van der Waals surface area contributed by atoms with Gasteiger partial charge in [-0.1, -0.05) is 12.8 Å². The van der Waals surface area contributed by atoms with Crippen LogP contribution in [0.4, 0.5) is 11.8 Å². The highest BCUT2D eigenvalue weighted by molar-refractivity contribution is 5.86. The van der Waals surface area contributed by atoms with Gasteiger partial charge in [-0.25, -0.2) is 10.0 Å². The maximum Gasteiger partial charge on any atom is 0.227 e. The van der Waals surface area contributed by atoms with Gasteiger partial charge in [0.2, 0.25) is 5.95 Å². The number of aliphatic hydroxyl groups excluding tert-OH is 1. The van der Waals surface area contributed by atoms with Crippen molar-refractivity contribution >= 4 is 47.7 Å². The molecule has 9 nitrogen and oxygen atoms in total. The van der Waals surface area contributed by atoms with E-state index in [0.717, 1.165) is 49.7 Å². The molecule has 0 aliphatic heterocycles. The molecule has 2 saturated carbocycles. The summed E-state index contributed by atoms with van der Waals surface area (Å²) in [5.74, 6) is 1.26. The lowest BCUT2D eigenvalue weighted by molar-refractivity contribution is 0.0737. The Labute approximate surface area is 195 Å². The number of hydroxylamine groups is 1. The molecule has 31 heavy (non-hydrogen) atoms. The van der Waals surface area contributed by atoms with E-state index in [4.69, 9.17) is 20.5 Å². The molecule has 0 spiro atoms. The number of imidazole rings is 1. The van der Waals surface area contributed by atoms with Crippen molar-refractivity contribution in [1.82, 2.24) is 19.5 Å². The summed E-state index contributed by atoms with van der Waals surface area (Å²) in [7, 11) is 0. The second kappa shape index (κ2) is 12.0. The van der Waals surface area contributed by atoms with E-state index in [2.05, 4.69) is 14.9 Å². The van der Waals surface area contributed by atoms with Gasteiger partial charge in [0.25, 0.3) is 0 Å². The van der Waals surface area contributed by atoms with Crippen LogP contribution in [-0.2, 0) is 4.84 Å². The van der Waals surface area contributed by atoms with Crippen LogP contribution in [0.5, 0.6) is 0 Å². The van der Waals surface area contributed by atoms with E-state index in [1.807, 2.05) is 13.3 Å². The van der Waals surface area contributed by atoms with Gasteiger partial charge in [0.1, 0.15) is 0 Å². The summed E-state index contributed by atoms with van der Waals surface area (Å²) in [6.07, 6.45) is 10.8. The quantitative estimate of drug-likeness (QED) is 0.498. The second-order valence-electron chi connectivity index (χ2n) is 8.14. The average Bonchev–Trinajstić information content (AvgIpc) is 3.40. The van der Waals surface area contributed by atoms with Gasteiger partial charge in [0.05, 0.1) is 19.5 Å². The van der Waals surface area contributed by atoms with Crippen molar-refractivity contribution < 1.29 is 9.94 Å². The van der Waals surface area contributed by atoms with Gasteiger partial charge in [-0.2, -0.15) is 9.97 Å². The van der Waals surface area contributed by atoms with Crippen molar-refractivity contribution in [2.24, 2.45) is 5.73 Å². The van der Waals surface area contributed by atoms with E-state index >= 15 is 0 Å². The number of nitrogens with zero attached hydrogens (tertiary/aromatic N) is 5. The van der Waals surface area contributed by atoms with Crippen molar-refractivity contribution in [3.63, 3.8) is 0 Å². The highest BCUT2D eigenvalue weighted by Crippen LogP contribution is 2.34. The summed E-state index contributed by atoms with van der Waals surface area (Å²) < 4.78 is 2.20. The van der Waals surface area contributed by atoms with Gasteiger partial charge < -0.3 is 20.7 Å². The number of hydrogen-bond donors (Lipinski definition) is 3. The average molecular weight is 476 g/mol. The standard InChI is InChI=1S/C20H33N7O2.2ClH/c1-2-27(29-12-11-28)19-17-18(26(13-22-17)16-5-3-4-6-16)24-20(25-19)23-15-9-7-14(21)8-10-15;;/h13-16,28H,2-12,21H2,1H3,(H,23,24,25);2*1H. The molecule has 2 fully saturated rings. The van der Waals surface area contributed by atoms with E-state index in [1.54, 1.807) is 5.06 Å². The molecular weight excluding hydrogens is 441 g/mol. The summed E-state index contributed by atoms with van der Waals surface area (Å²) in [6, 6.07) is 1.08. The number of hydrogen-bond acceptors (Lipinski definition) is 8. The summed E-state index contributed by atoms with van der Waals surface area (Å²) >= 11 is 0. The third kappa shape index (κ3) is 5.90. The first-order chi connectivity index (χ1) is 14.2. The van der Waals surface area contributed by atoms with E-state index in [9.17, 15) is 5.11 Å². The molecule has 0 atom stereocenters. The number of aromatic nitrogens is 4. The zero-order valence-corrected chi connectivity index (χ0v) is 19.7. The van der Waals surface area contributed by atoms with Gasteiger partial charge in [-0.05, 0) is 45.4 Å². The molecule has 0 radical (unpaired) electrons. The Kier molecular flexibility index (Phi) is 10.0. The van der Waals surface area contributed by atoms with Gasteiger partial charge in [0, 0.05) is 24.7 Å². The van der Waals surface area contributed by atoms with Crippen molar-refractivity contribution in [1.29, 1.82) is 0 Å². The molecule has 0 saturated heterocycles. The van der Waals surface area contributed by atoms with Gasteiger partial charge >= 0.3 is 0 Å². The molecule has 4 rings (SSSR count). The molecule has 2 aromatic heterocycles. The van der Waals surface area contributed by atoms with Crippen LogP contribution in [0.15, 0.2) is 6.33 Å². The van der Waals surface area contributed by atoms with Crippen LogP contribution in [-0.4, -0.2) is 56.5 Å². The monoisotopic (exact) mass is 475 g/mol. The summed E-state index contributed by atoms with van der Waals surface area (Å²) in [4.78, 5) is 20.0. The zero-order valence-electron chi connectivity index (χ0n) is 18.1. The number of anilines is 2. The predicted octanol–water partition coefficient (Wildman–Crippen LogP) is 3.22. The molecule has 2 aromatic rings. The van der Waals surface area contributed by atoms with Crippen LogP contribution < -0.4 is 16.1 Å². The first-order valence-electron chi connectivity index (χ1n) is 11.0. The van der Waals surface area contributed by atoms with Crippen LogP contribution in [0.1, 0.15) is 64.3 Å². The third-order valence-electron chi connectivity index (χ3n) is 6.09. The molecule has 0 unspecified atom stereocenters. The van der Waals surface area contributed by atoms with Crippen molar-refractivity contribution in [2.45, 2.75) is 76.4 Å². The minimum absolute atomic E-state index is 0. The molecule has 11 heteroatoms. The van der Waals surface area contributed by atoms with Crippen molar-refractivity contribution in [3.8, 4) is 0 Å². The molecule has 2 aliphatic carbocycles. The lowest BCUT2D eigenvalue weighted by atomic mass is 9.92. The summed E-state index contributed by atoms with van der Waals surface area (Å²) in [6.45, 7) is 2.76. The fourth-order valence-electron chi connectivity index (χ4n) is 4.49. The Morgan fingerprint density at radius 3 is 2.52 bits per heavy atom. The number of fused-ring (bicyclic) bond motifs is 1. The number of aliphatic hydroxyl groups is 1. The number of rotatable bonds is 8. The zero-order chi connectivity index (χ0) is 20.2. The van der Waals surface area contributed by atoms with E-state index < -0.39 is 0 Å². The van der Waals surface area contributed by atoms with Crippen LogP contribution in [0.25, 0.3) is 11.2 Å². The molecule has 0 amide bonds. The highest BCUT2D eigenvalue weighted by Gasteiger charge is 2.25. The first kappa shape index (κ1) is 25.9. The Hall–Kier alpha value is -1.39. The molecule has 2 heterocycles. The Morgan fingerprint density at radius 2 is 1.87 bits per heavy atom. The first-order valence-corrected chi connectivity index (χ1v) is 11.0. The van der Waals surface area contributed by atoms with Gasteiger partial charge in [-0.15, -0.1) is 24.8 Å². The van der Waals surface area contributed by atoms with Crippen LogP contribution >= 0.6 is 24.8 Å². The predicted molar refractivity (Wildman–Crippen MR) is 127 cm³/mol. The van der Waals surface area contributed by atoms with Crippen molar-refractivity contribution in [3.05, 3.63) is 6.33 Å². The maximum absolute atomic E-state index is 9.18. The van der Waals surface area contributed by atoms with Crippen LogP contribution in [0.2, 0.25) is 0 Å². The Morgan fingerprint density at radius 1 is 1.16 bits per heavy atom. The second-order valence-corrected chi connectivity index (χ2v) is 8.14. The fourth-order valence-corrected chi connectivity index (χ4v) is 4.49. The molecule has 0 aromatic carbocycles. The Bertz CT molecular complexity index is 808. The van der Waals surface area contributed by atoms with Crippen molar-refractivity contribution in [2.75, 3.05) is 30.1 Å². The number of nitrogens with two attached hydrogens (primary N) is 1. The topological polar surface area (TPSA) is 114 Å². The normalized spacial score (nSPS) is 21.5. The molecular formula is C20H35Cl2N7O2.